The van der Waals surface area contributed by atoms with E-state index in [9.17, 15) is 9.59 Å². The smallest absolute Gasteiger partial charge is 0.289 e. The van der Waals surface area contributed by atoms with Gasteiger partial charge < -0.3 is 9.32 Å². The minimum absolute atomic E-state index is 0.0833. The molecule has 134 valence electrons. The number of likely N-dealkylation sites (tertiary alicyclic amines) is 1. The topological polar surface area (TPSA) is 92.1 Å². The Labute approximate surface area is 150 Å². The summed E-state index contributed by atoms with van der Waals surface area (Å²) in [5.74, 6) is 1.41. The van der Waals surface area contributed by atoms with Crippen LogP contribution in [-0.4, -0.2) is 39.1 Å². The van der Waals surface area contributed by atoms with Gasteiger partial charge in [0.05, 0.1) is 5.39 Å². The monoisotopic (exact) mass is 352 g/mol. The molecule has 1 fully saturated rings. The molecular weight excluding hydrogens is 332 g/mol. The number of aromatic nitrogens is 3. The molecule has 1 aromatic carbocycles. The summed E-state index contributed by atoms with van der Waals surface area (Å²) < 4.78 is 5.75. The Bertz CT molecular complexity index is 1040. The molecule has 7 heteroatoms. The number of hydrogen-bond acceptors (Lipinski definition) is 5. The van der Waals surface area contributed by atoms with Gasteiger partial charge in [-0.3, -0.25) is 14.7 Å². The predicted molar refractivity (Wildman–Crippen MR) is 96.2 cm³/mol. The van der Waals surface area contributed by atoms with E-state index in [0.717, 1.165) is 30.1 Å². The summed E-state index contributed by atoms with van der Waals surface area (Å²) in [6.45, 7) is 4.93. The summed E-state index contributed by atoms with van der Waals surface area (Å²) in [6, 6.07) is 6.66. The molecule has 1 N–H and O–H groups in total. The highest BCUT2D eigenvalue weighted by Crippen LogP contribution is 2.26. The van der Waals surface area contributed by atoms with Crippen LogP contribution in [-0.2, 0) is 0 Å². The lowest BCUT2D eigenvalue weighted by Gasteiger charge is -2.31. The van der Waals surface area contributed by atoms with E-state index in [1.807, 2.05) is 19.9 Å². The molecule has 1 amide bonds. The number of piperidine rings is 1. The van der Waals surface area contributed by atoms with Crippen molar-refractivity contribution < 1.29 is 9.21 Å². The number of benzene rings is 1. The van der Waals surface area contributed by atoms with Gasteiger partial charge in [-0.1, -0.05) is 6.07 Å². The van der Waals surface area contributed by atoms with Gasteiger partial charge in [-0.15, -0.1) is 0 Å². The van der Waals surface area contributed by atoms with Gasteiger partial charge in [-0.2, -0.15) is 5.10 Å². The Morgan fingerprint density at radius 1 is 1.31 bits per heavy atom. The zero-order valence-electron chi connectivity index (χ0n) is 14.8. The first kappa shape index (κ1) is 16.5. The van der Waals surface area contributed by atoms with E-state index in [4.69, 9.17) is 4.42 Å². The Balaban J connectivity index is 1.62. The molecule has 0 bridgehead atoms. The molecule has 0 aliphatic carbocycles. The second kappa shape index (κ2) is 6.40. The second-order valence-corrected chi connectivity index (χ2v) is 6.84. The van der Waals surface area contributed by atoms with Crippen LogP contribution in [0.3, 0.4) is 0 Å². The fourth-order valence-electron chi connectivity index (χ4n) is 3.44. The van der Waals surface area contributed by atoms with Crippen LogP contribution in [0, 0.1) is 13.8 Å². The number of carbonyl (C=O) groups is 1. The highest BCUT2D eigenvalue weighted by Gasteiger charge is 2.29. The van der Waals surface area contributed by atoms with Crippen molar-refractivity contribution in [1.82, 2.24) is 20.1 Å². The van der Waals surface area contributed by atoms with E-state index in [1.54, 1.807) is 17.0 Å². The quantitative estimate of drug-likeness (QED) is 0.765. The summed E-state index contributed by atoms with van der Waals surface area (Å²) in [7, 11) is 0. The molecule has 1 aliphatic heterocycles. The van der Waals surface area contributed by atoms with Crippen molar-refractivity contribution >= 4 is 16.9 Å². The van der Waals surface area contributed by atoms with E-state index in [1.165, 1.54) is 6.07 Å². The molecule has 26 heavy (non-hydrogen) atoms. The normalized spacial score (nSPS) is 17.6. The van der Waals surface area contributed by atoms with Gasteiger partial charge >= 0.3 is 0 Å². The van der Waals surface area contributed by atoms with Gasteiger partial charge in [-0.25, -0.2) is 4.98 Å². The first-order valence-corrected chi connectivity index (χ1v) is 8.74. The summed E-state index contributed by atoms with van der Waals surface area (Å²) in [5.41, 5.74) is 1.22. The van der Waals surface area contributed by atoms with Crippen LogP contribution in [0.25, 0.3) is 11.0 Å². The Morgan fingerprint density at radius 3 is 2.92 bits per heavy atom. The maximum Gasteiger partial charge on any atom is 0.289 e. The molecule has 0 radical (unpaired) electrons. The Hall–Kier alpha value is -2.96. The van der Waals surface area contributed by atoms with Gasteiger partial charge in [-0.05, 0) is 44.4 Å². The van der Waals surface area contributed by atoms with Crippen LogP contribution < -0.4 is 5.43 Å². The van der Waals surface area contributed by atoms with Crippen molar-refractivity contribution in [2.75, 3.05) is 13.1 Å². The van der Waals surface area contributed by atoms with Crippen molar-refractivity contribution in [3.05, 3.63) is 57.5 Å². The molecule has 0 unspecified atom stereocenters. The second-order valence-electron chi connectivity index (χ2n) is 6.84. The minimum atomic E-state index is -0.262. The van der Waals surface area contributed by atoms with Gasteiger partial charge in [0.2, 0.25) is 0 Å². The number of H-pyrrole nitrogens is 1. The number of amides is 1. The molecule has 3 aromatic rings. The summed E-state index contributed by atoms with van der Waals surface area (Å²) in [5, 5.41) is 7.56. The minimum Gasteiger partial charge on any atom is -0.451 e. The first-order valence-electron chi connectivity index (χ1n) is 8.74. The highest BCUT2D eigenvalue weighted by atomic mass is 16.3. The van der Waals surface area contributed by atoms with E-state index in [0.29, 0.717) is 24.1 Å². The predicted octanol–water partition coefficient (Wildman–Crippen LogP) is 2.55. The van der Waals surface area contributed by atoms with Gasteiger partial charge in [0, 0.05) is 25.1 Å². The van der Waals surface area contributed by atoms with Gasteiger partial charge in [0.15, 0.2) is 17.0 Å². The van der Waals surface area contributed by atoms with Crippen LogP contribution >= 0.6 is 0 Å². The number of rotatable bonds is 2. The molecule has 0 spiro atoms. The van der Waals surface area contributed by atoms with Gasteiger partial charge in [0.25, 0.3) is 5.91 Å². The molecule has 1 aliphatic rings. The number of fused-ring (bicyclic) bond motifs is 1. The van der Waals surface area contributed by atoms with Crippen LogP contribution in [0.5, 0.6) is 0 Å². The summed E-state index contributed by atoms with van der Waals surface area (Å²) >= 11 is 0. The van der Waals surface area contributed by atoms with E-state index in [2.05, 4.69) is 15.2 Å². The lowest BCUT2D eigenvalue weighted by molar-refractivity contribution is 0.0673. The third kappa shape index (κ3) is 3.00. The molecule has 1 saturated heterocycles. The van der Waals surface area contributed by atoms with Crippen LogP contribution in [0.1, 0.15) is 46.5 Å². The fraction of sp³-hybridized carbons (Fsp3) is 0.368. The third-order valence-corrected chi connectivity index (χ3v) is 4.78. The molecule has 4 rings (SSSR count). The highest BCUT2D eigenvalue weighted by molar-refractivity contribution is 5.93. The molecule has 3 heterocycles. The number of aromatic amines is 1. The van der Waals surface area contributed by atoms with Gasteiger partial charge in [0.1, 0.15) is 11.4 Å². The largest absolute Gasteiger partial charge is 0.451 e. The van der Waals surface area contributed by atoms with Crippen LogP contribution in [0.4, 0.5) is 0 Å². The molecule has 0 saturated carbocycles. The third-order valence-electron chi connectivity index (χ3n) is 4.78. The molecular formula is C19H20N4O3. The van der Waals surface area contributed by atoms with E-state index in [-0.39, 0.29) is 23.0 Å². The lowest BCUT2D eigenvalue weighted by atomic mass is 9.97. The molecule has 7 nitrogen and oxygen atoms in total. The fourth-order valence-corrected chi connectivity index (χ4v) is 3.44. The Kier molecular flexibility index (Phi) is 4.06. The number of nitrogens with one attached hydrogen (secondary N) is 1. The molecule has 1 atom stereocenters. The summed E-state index contributed by atoms with van der Waals surface area (Å²) in [4.78, 5) is 31.3. The van der Waals surface area contributed by atoms with E-state index >= 15 is 0 Å². The average molecular weight is 352 g/mol. The van der Waals surface area contributed by atoms with Crippen molar-refractivity contribution in [2.24, 2.45) is 0 Å². The number of nitrogens with zero attached hydrogens (tertiary/aromatic N) is 3. The molecule has 2 aromatic heterocycles. The lowest BCUT2D eigenvalue weighted by Crippen LogP contribution is -2.39. The van der Waals surface area contributed by atoms with Crippen molar-refractivity contribution in [2.45, 2.75) is 32.6 Å². The average Bonchev–Trinajstić information content (AvgIpc) is 3.07. The van der Waals surface area contributed by atoms with E-state index < -0.39 is 0 Å². The number of carbonyl (C=O) groups excluding carboxylic acids is 1. The zero-order chi connectivity index (χ0) is 18.3. The first-order chi connectivity index (χ1) is 12.5. The maximum absolute atomic E-state index is 12.9. The van der Waals surface area contributed by atoms with Crippen molar-refractivity contribution in [3.8, 4) is 0 Å². The Morgan fingerprint density at radius 2 is 2.15 bits per heavy atom. The van der Waals surface area contributed by atoms with Crippen LogP contribution in [0.2, 0.25) is 0 Å². The maximum atomic E-state index is 12.9. The van der Waals surface area contributed by atoms with Crippen molar-refractivity contribution in [3.63, 3.8) is 0 Å². The summed E-state index contributed by atoms with van der Waals surface area (Å²) in [6.07, 6.45) is 1.79. The van der Waals surface area contributed by atoms with Crippen LogP contribution in [0.15, 0.2) is 33.5 Å². The van der Waals surface area contributed by atoms with Crippen molar-refractivity contribution in [1.29, 1.82) is 0 Å². The zero-order valence-corrected chi connectivity index (χ0v) is 14.8. The standard InChI is InChI=1S/C19H20N4O3/c1-11-5-6-14-15(24)9-17(26-16(14)8-11)19(25)23-7-3-4-13(10-23)18-20-12(2)21-22-18/h5-6,8-9,13H,3-4,7,10H2,1-2H3,(H,20,21,22)/t13-/m0/s1. The SMILES string of the molecule is Cc1ccc2c(=O)cc(C(=O)N3CCC[C@H](c4n[nH]c(C)n4)C3)oc2c1. The number of hydrogen-bond donors (Lipinski definition) is 1. The number of aryl methyl sites for hydroxylation is 2.